The third-order valence-electron chi connectivity index (χ3n) is 16.6. The van der Waals surface area contributed by atoms with E-state index in [1.54, 1.807) is 6.08 Å². The Hall–Kier alpha value is -1.28. The van der Waals surface area contributed by atoms with Crippen LogP contribution in [0.3, 0.4) is 0 Å². The summed E-state index contributed by atoms with van der Waals surface area (Å²) in [7, 11) is 1.28. The summed E-state index contributed by atoms with van der Waals surface area (Å²) in [5.74, 6) is -0.189. The van der Waals surface area contributed by atoms with Crippen LogP contribution in [0.25, 0.3) is 0 Å². The van der Waals surface area contributed by atoms with Crippen molar-refractivity contribution in [2.45, 2.75) is 379 Å². The molecule has 1 amide bonds. The highest BCUT2D eigenvalue weighted by Crippen LogP contribution is 2.38. The molecular weight excluding hydrogens is 1020 g/mol. The molecule has 480 valence electrons. The molecule has 0 bridgehead atoms. The first-order chi connectivity index (χ1) is 39.5. The largest absolute Gasteiger partial charge is 0.756 e. The minimum Gasteiger partial charge on any atom is -0.756 e. The number of phosphoric ester groups is 1. The summed E-state index contributed by atoms with van der Waals surface area (Å²) in [6, 6.07) is -0.885. The van der Waals surface area contributed by atoms with Gasteiger partial charge in [-0.1, -0.05) is 346 Å². The first-order valence-corrected chi connectivity index (χ1v) is 37.3. The Kier molecular flexibility index (Phi) is 62.2. The Labute approximate surface area is 506 Å². The molecule has 0 heterocycles. The zero-order chi connectivity index (χ0) is 59.1. The summed E-state index contributed by atoms with van der Waals surface area (Å²) in [6.45, 7) is 4.70. The maximum Gasteiger partial charge on any atom is 0.268 e. The molecule has 0 saturated carbocycles. The lowest BCUT2D eigenvalue weighted by Crippen LogP contribution is -2.45. The highest BCUT2D eigenvalue weighted by Gasteiger charge is 2.23. The molecule has 0 rings (SSSR count). The summed E-state index contributed by atoms with van der Waals surface area (Å²) in [5.41, 5.74) is 0. The van der Waals surface area contributed by atoms with E-state index in [2.05, 4.69) is 43.5 Å². The number of carbonyl (C=O) groups excluding carboxylic acids is 1. The van der Waals surface area contributed by atoms with E-state index in [0.29, 0.717) is 17.4 Å². The number of aliphatic hydroxyl groups excluding tert-OH is 1. The van der Waals surface area contributed by atoms with Crippen LogP contribution in [0.15, 0.2) is 36.5 Å². The Morgan fingerprint density at radius 2 is 0.716 bits per heavy atom. The number of phosphoric acid groups is 1. The van der Waals surface area contributed by atoms with Crippen molar-refractivity contribution in [1.29, 1.82) is 0 Å². The van der Waals surface area contributed by atoms with Crippen molar-refractivity contribution in [3.05, 3.63) is 36.5 Å². The number of likely N-dealkylation sites (N-methyl/N-ethyl adjacent to an activating group) is 1. The van der Waals surface area contributed by atoms with E-state index >= 15 is 0 Å². The van der Waals surface area contributed by atoms with Crippen molar-refractivity contribution >= 4 is 13.7 Å². The number of nitrogens with one attached hydrogen (secondary N) is 1. The lowest BCUT2D eigenvalue weighted by Gasteiger charge is -2.29. The van der Waals surface area contributed by atoms with E-state index in [-0.39, 0.29) is 19.1 Å². The summed E-state index contributed by atoms with van der Waals surface area (Å²) < 4.78 is 23.5. The van der Waals surface area contributed by atoms with Gasteiger partial charge in [0.1, 0.15) is 13.2 Å². The van der Waals surface area contributed by atoms with Crippen molar-refractivity contribution in [3.63, 3.8) is 0 Å². The van der Waals surface area contributed by atoms with Gasteiger partial charge in [0.15, 0.2) is 0 Å². The molecule has 0 aliphatic carbocycles. The van der Waals surface area contributed by atoms with E-state index in [1.165, 1.54) is 302 Å². The molecule has 2 N–H and O–H groups in total. The van der Waals surface area contributed by atoms with Gasteiger partial charge in [-0.15, -0.1) is 0 Å². The van der Waals surface area contributed by atoms with Crippen LogP contribution < -0.4 is 10.2 Å². The quantitative estimate of drug-likeness (QED) is 0.0272. The van der Waals surface area contributed by atoms with E-state index in [4.69, 9.17) is 9.05 Å². The number of quaternary nitrogens is 1. The number of nitrogens with zero attached hydrogens (tertiary/aromatic N) is 1. The number of carbonyl (C=O) groups is 1. The molecule has 0 spiro atoms. The van der Waals surface area contributed by atoms with Crippen LogP contribution in [0.5, 0.6) is 0 Å². The first-order valence-electron chi connectivity index (χ1n) is 35.9. The van der Waals surface area contributed by atoms with Gasteiger partial charge in [-0.25, -0.2) is 0 Å². The van der Waals surface area contributed by atoms with E-state index < -0.39 is 20.0 Å². The summed E-state index contributed by atoms with van der Waals surface area (Å²) in [4.78, 5) is 25.6. The SMILES string of the molecule is CCCCCCC/C=C\C/C=C\CCCCCCCCCCCCCCCCCCCCCCCCCCCC(=O)NC(COP(=O)([O-])OCC[N+](C)(C)C)C(O)/C=C/CCCCCCCCCCCCCCCCCCCCCC. The van der Waals surface area contributed by atoms with E-state index in [1.807, 2.05) is 27.2 Å². The molecular formula is C72H141N2O6P. The fourth-order valence-corrected chi connectivity index (χ4v) is 11.7. The van der Waals surface area contributed by atoms with Gasteiger partial charge in [-0.2, -0.15) is 0 Å². The predicted octanol–water partition coefficient (Wildman–Crippen LogP) is 22.2. The van der Waals surface area contributed by atoms with Gasteiger partial charge in [0.25, 0.3) is 7.82 Å². The number of amides is 1. The predicted molar refractivity (Wildman–Crippen MR) is 353 cm³/mol. The third kappa shape index (κ3) is 66.1. The fourth-order valence-electron chi connectivity index (χ4n) is 11.0. The zero-order valence-corrected chi connectivity index (χ0v) is 55.9. The van der Waals surface area contributed by atoms with Crippen molar-refractivity contribution in [2.24, 2.45) is 0 Å². The number of allylic oxidation sites excluding steroid dienone is 5. The van der Waals surface area contributed by atoms with Crippen LogP contribution in [0.4, 0.5) is 0 Å². The van der Waals surface area contributed by atoms with Crippen LogP contribution in [-0.4, -0.2) is 68.5 Å². The van der Waals surface area contributed by atoms with Crippen molar-refractivity contribution in [3.8, 4) is 0 Å². The normalized spacial score (nSPS) is 13.8. The molecule has 0 aliphatic heterocycles. The molecule has 0 saturated heterocycles. The van der Waals surface area contributed by atoms with Gasteiger partial charge in [0, 0.05) is 6.42 Å². The smallest absolute Gasteiger partial charge is 0.268 e. The van der Waals surface area contributed by atoms with Crippen LogP contribution in [0, 0.1) is 0 Å². The standard InChI is InChI=1S/C72H141N2O6P/c1-6-8-10-12-14-16-18-20-22-24-26-28-30-31-32-33-34-35-36-37-38-39-40-41-42-43-44-46-48-50-52-54-56-58-60-62-64-66-72(76)73-70(69-80-81(77,78)79-68-67-74(3,4)5)71(75)65-63-61-59-57-55-53-51-49-47-45-29-27-25-23-21-19-17-15-13-11-9-7-2/h18,20,24,26,63,65,70-71,75H,6-17,19,21-23,25,27-62,64,66-69H2,1-5H3,(H-,73,76,77,78)/b20-18-,26-24-,65-63+. The van der Waals surface area contributed by atoms with Crippen molar-refractivity contribution < 1.29 is 32.9 Å². The van der Waals surface area contributed by atoms with Crippen molar-refractivity contribution in [2.75, 3.05) is 40.9 Å². The minimum atomic E-state index is -4.60. The van der Waals surface area contributed by atoms with E-state index in [0.717, 1.165) is 44.9 Å². The van der Waals surface area contributed by atoms with Gasteiger partial charge >= 0.3 is 0 Å². The topological polar surface area (TPSA) is 108 Å². The molecule has 0 aliphatic rings. The first kappa shape index (κ1) is 79.7. The highest BCUT2D eigenvalue weighted by atomic mass is 31.2. The van der Waals surface area contributed by atoms with Gasteiger partial charge in [-0.05, 0) is 51.4 Å². The third-order valence-corrected chi connectivity index (χ3v) is 17.6. The fraction of sp³-hybridized carbons (Fsp3) is 0.903. The maximum absolute atomic E-state index is 13.0. The Bertz CT molecular complexity index is 1410. The summed E-state index contributed by atoms with van der Waals surface area (Å²) in [5, 5.41) is 14.0. The number of aliphatic hydroxyl groups is 1. The molecule has 0 aromatic heterocycles. The average molecular weight is 1160 g/mol. The van der Waals surface area contributed by atoms with Crippen molar-refractivity contribution in [1.82, 2.24) is 5.32 Å². The monoisotopic (exact) mass is 1160 g/mol. The Morgan fingerprint density at radius 3 is 1.02 bits per heavy atom. The molecule has 0 aromatic carbocycles. The number of unbranched alkanes of at least 4 members (excludes halogenated alkanes) is 50. The molecule has 81 heavy (non-hydrogen) atoms. The van der Waals surface area contributed by atoms with Gasteiger partial charge in [0.2, 0.25) is 5.91 Å². The minimum absolute atomic E-state index is 0.00159. The molecule has 3 unspecified atom stereocenters. The Balaban J connectivity index is 3.96. The zero-order valence-electron chi connectivity index (χ0n) is 55.0. The lowest BCUT2D eigenvalue weighted by molar-refractivity contribution is -0.870. The molecule has 0 fully saturated rings. The van der Waals surface area contributed by atoms with Crippen LogP contribution in [0.1, 0.15) is 367 Å². The number of hydrogen-bond donors (Lipinski definition) is 2. The second-order valence-corrected chi connectivity index (χ2v) is 27.4. The average Bonchev–Trinajstić information content (AvgIpc) is 3.43. The number of rotatable bonds is 67. The molecule has 9 heteroatoms. The summed E-state index contributed by atoms with van der Waals surface area (Å²) >= 11 is 0. The van der Waals surface area contributed by atoms with Crippen LogP contribution >= 0.6 is 7.82 Å². The molecule has 8 nitrogen and oxygen atoms in total. The van der Waals surface area contributed by atoms with Gasteiger partial charge < -0.3 is 28.8 Å². The van der Waals surface area contributed by atoms with Gasteiger partial charge in [-0.3, -0.25) is 9.36 Å². The molecule has 3 atom stereocenters. The van der Waals surface area contributed by atoms with E-state index in [9.17, 15) is 19.4 Å². The second-order valence-electron chi connectivity index (χ2n) is 25.9. The van der Waals surface area contributed by atoms with Gasteiger partial charge in [0.05, 0.1) is 39.9 Å². The van der Waals surface area contributed by atoms with Crippen LogP contribution in [0.2, 0.25) is 0 Å². The molecule has 0 radical (unpaired) electrons. The summed E-state index contributed by atoms with van der Waals surface area (Å²) in [6.07, 6.45) is 84.2. The maximum atomic E-state index is 13.0. The highest BCUT2D eigenvalue weighted by molar-refractivity contribution is 7.45. The number of hydrogen-bond acceptors (Lipinski definition) is 6. The second kappa shape index (κ2) is 63.2. The lowest BCUT2D eigenvalue weighted by atomic mass is 10.0. The Morgan fingerprint density at radius 1 is 0.432 bits per heavy atom. The van der Waals surface area contributed by atoms with Crippen LogP contribution in [-0.2, 0) is 18.4 Å². The molecule has 0 aromatic rings.